The molecule has 31 heavy (non-hydrogen) atoms. The highest BCUT2D eigenvalue weighted by Crippen LogP contribution is 2.20. The van der Waals surface area contributed by atoms with Crippen LogP contribution in [0.1, 0.15) is 25.3 Å². The number of nitrogens with one attached hydrogen (secondary N) is 1. The largest absolute Gasteiger partial charge is 0.497 e. The van der Waals surface area contributed by atoms with Gasteiger partial charge in [0.2, 0.25) is 5.91 Å². The number of carbonyl (C=O) groups excluding carboxylic acids is 1. The van der Waals surface area contributed by atoms with Gasteiger partial charge in [-0.2, -0.15) is 5.10 Å². The quantitative estimate of drug-likeness (QED) is 0.542. The minimum absolute atomic E-state index is 0.0634. The molecule has 0 unspecified atom stereocenters. The Morgan fingerprint density at radius 3 is 2.39 bits per heavy atom. The van der Waals surface area contributed by atoms with Gasteiger partial charge in [0, 0.05) is 31.1 Å². The Hall–Kier alpha value is -3.61. The predicted molar refractivity (Wildman–Crippen MR) is 119 cm³/mol. The molecule has 0 bridgehead atoms. The predicted octanol–water partition coefficient (Wildman–Crippen LogP) is 3.41. The van der Waals surface area contributed by atoms with Crippen molar-refractivity contribution in [3.05, 3.63) is 76.6 Å². The molecule has 2 aromatic carbocycles. The third kappa shape index (κ3) is 6.44. The molecule has 0 aliphatic carbocycles. The van der Waals surface area contributed by atoms with E-state index < -0.39 is 0 Å². The normalized spacial score (nSPS) is 10.5. The van der Waals surface area contributed by atoms with Gasteiger partial charge < -0.3 is 14.8 Å². The number of nitrogens with zero attached hydrogens (tertiary/aromatic N) is 2. The van der Waals surface area contributed by atoms with Crippen molar-refractivity contribution in [2.24, 2.45) is 0 Å². The topological polar surface area (TPSA) is 82.5 Å². The number of benzene rings is 2. The molecule has 162 valence electrons. The van der Waals surface area contributed by atoms with Gasteiger partial charge in [0.1, 0.15) is 11.5 Å². The summed E-state index contributed by atoms with van der Waals surface area (Å²) >= 11 is 0. The van der Waals surface area contributed by atoms with Gasteiger partial charge in [0.25, 0.3) is 5.56 Å². The summed E-state index contributed by atoms with van der Waals surface area (Å²) in [4.78, 5) is 24.3. The first-order chi connectivity index (χ1) is 15.1. The average molecular weight is 421 g/mol. The fourth-order valence-electron chi connectivity index (χ4n) is 3.07. The van der Waals surface area contributed by atoms with Crippen LogP contribution in [0.15, 0.2) is 65.5 Å². The van der Waals surface area contributed by atoms with E-state index in [1.54, 1.807) is 13.2 Å². The number of hydrogen-bond donors (Lipinski definition) is 1. The molecule has 7 nitrogen and oxygen atoms in total. The molecule has 0 aliphatic rings. The van der Waals surface area contributed by atoms with Crippen molar-refractivity contribution in [2.45, 2.75) is 32.9 Å². The summed E-state index contributed by atoms with van der Waals surface area (Å²) in [6, 6.07) is 18.3. The Labute approximate surface area is 181 Å². The van der Waals surface area contributed by atoms with Gasteiger partial charge in [0.05, 0.1) is 19.4 Å². The van der Waals surface area contributed by atoms with Crippen molar-refractivity contribution in [2.75, 3.05) is 13.7 Å². The van der Waals surface area contributed by atoms with Crippen LogP contribution in [-0.4, -0.2) is 29.4 Å². The van der Waals surface area contributed by atoms with E-state index in [0.717, 1.165) is 22.6 Å². The van der Waals surface area contributed by atoms with E-state index >= 15 is 0 Å². The molecule has 0 aliphatic heterocycles. The molecule has 0 spiro atoms. The van der Waals surface area contributed by atoms with Crippen LogP contribution >= 0.6 is 0 Å². The molecule has 0 radical (unpaired) electrons. The Kier molecular flexibility index (Phi) is 7.81. The van der Waals surface area contributed by atoms with Crippen LogP contribution in [0.25, 0.3) is 11.3 Å². The molecule has 7 heteroatoms. The van der Waals surface area contributed by atoms with Gasteiger partial charge in [0.15, 0.2) is 0 Å². The zero-order valence-corrected chi connectivity index (χ0v) is 17.8. The summed E-state index contributed by atoms with van der Waals surface area (Å²) in [6.07, 6.45) is 0.839. The molecule has 1 amide bonds. The number of amides is 1. The zero-order chi connectivity index (χ0) is 22.1. The molecule has 1 N–H and O–H groups in total. The van der Waals surface area contributed by atoms with Crippen molar-refractivity contribution < 1.29 is 14.3 Å². The summed E-state index contributed by atoms with van der Waals surface area (Å²) in [5.74, 6) is 1.51. The maximum atomic E-state index is 12.2. The highest BCUT2D eigenvalue weighted by molar-refractivity contribution is 5.75. The highest BCUT2D eigenvalue weighted by Gasteiger charge is 2.06. The third-order valence-electron chi connectivity index (χ3n) is 4.75. The van der Waals surface area contributed by atoms with Crippen molar-refractivity contribution in [1.29, 1.82) is 0 Å². The van der Waals surface area contributed by atoms with Crippen LogP contribution in [0.5, 0.6) is 11.5 Å². The molecule has 3 aromatic rings. The summed E-state index contributed by atoms with van der Waals surface area (Å²) in [5, 5.41) is 7.34. The van der Waals surface area contributed by atoms with Crippen molar-refractivity contribution in [3.63, 3.8) is 0 Å². The smallest absolute Gasteiger partial charge is 0.266 e. The van der Waals surface area contributed by atoms with Crippen LogP contribution < -0.4 is 20.3 Å². The molecule has 1 aromatic heterocycles. The van der Waals surface area contributed by atoms with Gasteiger partial charge >= 0.3 is 0 Å². The monoisotopic (exact) mass is 421 g/mol. The second kappa shape index (κ2) is 11.0. The highest BCUT2D eigenvalue weighted by atomic mass is 16.5. The minimum atomic E-state index is -0.187. The standard InChI is InChI=1S/C24H27N3O4/c1-3-31-21-12-8-19(9-13-21)22-14-15-24(29)27(26-22)16-4-5-23(28)25-17-18-6-10-20(30-2)11-7-18/h6-15H,3-5,16-17H2,1-2H3,(H,25,28). The molecule has 1 heterocycles. The zero-order valence-electron chi connectivity index (χ0n) is 17.8. The fourth-order valence-corrected chi connectivity index (χ4v) is 3.07. The van der Waals surface area contributed by atoms with Gasteiger partial charge in [-0.25, -0.2) is 4.68 Å². The molecule has 3 rings (SSSR count). The lowest BCUT2D eigenvalue weighted by molar-refractivity contribution is -0.121. The maximum Gasteiger partial charge on any atom is 0.266 e. The first kappa shape index (κ1) is 22.1. The molecule has 0 saturated heterocycles. The van der Waals surface area contributed by atoms with Crippen molar-refractivity contribution >= 4 is 5.91 Å². The van der Waals surface area contributed by atoms with E-state index in [2.05, 4.69) is 10.4 Å². The van der Waals surface area contributed by atoms with Gasteiger partial charge in [-0.1, -0.05) is 12.1 Å². The van der Waals surface area contributed by atoms with E-state index in [1.807, 2.05) is 55.5 Å². The van der Waals surface area contributed by atoms with Crippen molar-refractivity contribution in [3.8, 4) is 22.8 Å². The first-order valence-electron chi connectivity index (χ1n) is 10.3. The Bertz CT molecular complexity index is 1040. The molecule has 0 fully saturated rings. The summed E-state index contributed by atoms with van der Waals surface area (Å²) < 4.78 is 12.0. The average Bonchev–Trinajstić information content (AvgIpc) is 2.80. The Balaban J connectivity index is 1.52. The number of ether oxygens (including phenoxy) is 2. The lowest BCUT2D eigenvalue weighted by Crippen LogP contribution is -2.25. The lowest BCUT2D eigenvalue weighted by Gasteiger charge is -2.09. The van der Waals surface area contributed by atoms with E-state index in [1.165, 1.54) is 10.7 Å². The van der Waals surface area contributed by atoms with Crippen LogP contribution in [0.4, 0.5) is 0 Å². The summed E-state index contributed by atoms with van der Waals surface area (Å²) in [7, 11) is 1.62. The van der Waals surface area contributed by atoms with Crippen molar-refractivity contribution in [1.82, 2.24) is 15.1 Å². The number of methoxy groups -OCH3 is 1. The molecule has 0 saturated carbocycles. The van der Waals surface area contributed by atoms with Crippen LogP contribution in [0.3, 0.4) is 0 Å². The van der Waals surface area contributed by atoms with E-state index in [0.29, 0.717) is 38.2 Å². The van der Waals surface area contributed by atoms with Gasteiger partial charge in [-0.05, 0) is 61.4 Å². The van der Waals surface area contributed by atoms with Crippen LogP contribution in [0.2, 0.25) is 0 Å². The van der Waals surface area contributed by atoms with E-state index in [-0.39, 0.29) is 11.5 Å². The summed E-state index contributed by atoms with van der Waals surface area (Å²) in [6.45, 7) is 3.37. The SMILES string of the molecule is CCOc1ccc(-c2ccc(=O)n(CCCC(=O)NCc3ccc(OC)cc3)n2)cc1. The lowest BCUT2D eigenvalue weighted by atomic mass is 10.1. The number of carbonyl (C=O) groups is 1. The van der Waals surface area contributed by atoms with Crippen LogP contribution in [0, 0.1) is 0 Å². The number of aryl methyl sites for hydroxylation is 1. The van der Waals surface area contributed by atoms with Gasteiger partial charge in [-0.3, -0.25) is 9.59 Å². The molecular formula is C24H27N3O4. The summed E-state index contributed by atoms with van der Waals surface area (Å²) in [5.41, 5.74) is 2.41. The van der Waals surface area contributed by atoms with E-state index in [4.69, 9.17) is 9.47 Å². The number of rotatable bonds is 10. The minimum Gasteiger partial charge on any atom is -0.497 e. The fraction of sp³-hybridized carbons (Fsp3) is 0.292. The first-order valence-corrected chi connectivity index (χ1v) is 10.3. The third-order valence-corrected chi connectivity index (χ3v) is 4.75. The second-order valence-corrected chi connectivity index (χ2v) is 6.97. The Morgan fingerprint density at radius 1 is 1.00 bits per heavy atom. The van der Waals surface area contributed by atoms with Gasteiger partial charge in [-0.15, -0.1) is 0 Å². The van der Waals surface area contributed by atoms with E-state index in [9.17, 15) is 9.59 Å². The number of hydrogen-bond acceptors (Lipinski definition) is 5. The molecular weight excluding hydrogens is 394 g/mol. The molecule has 0 atom stereocenters. The van der Waals surface area contributed by atoms with Crippen LogP contribution in [-0.2, 0) is 17.9 Å². The second-order valence-electron chi connectivity index (χ2n) is 6.97. The maximum absolute atomic E-state index is 12.2. The number of aromatic nitrogens is 2. The Morgan fingerprint density at radius 2 is 1.71 bits per heavy atom.